The van der Waals surface area contributed by atoms with E-state index in [1.807, 2.05) is 0 Å². The maximum atomic E-state index is 12.0. The van der Waals surface area contributed by atoms with Crippen LogP contribution in [0.5, 0.6) is 0 Å². The number of aryl methyl sites for hydroxylation is 1. The second-order valence-electron chi connectivity index (χ2n) is 4.74. The van der Waals surface area contributed by atoms with E-state index in [0.717, 1.165) is 12.8 Å². The number of sulfonamides is 1. The maximum absolute atomic E-state index is 12.0. The summed E-state index contributed by atoms with van der Waals surface area (Å²) in [5.41, 5.74) is 5.54. The Morgan fingerprint density at radius 3 is 2.83 bits per heavy atom. The standard InChI is InChI=1S/C10H18N4O3S/c1-14-6-9(10(11)13-14)18(16,17)12-5-7-2-3-8(15)4-7/h6-8,12,15H,2-5H2,1H3,(H2,11,13). The summed E-state index contributed by atoms with van der Waals surface area (Å²) in [5.74, 6) is 0.184. The average molecular weight is 274 g/mol. The van der Waals surface area contributed by atoms with Gasteiger partial charge in [-0.3, -0.25) is 4.68 Å². The molecule has 0 radical (unpaired) electrons. The maximum Gasteiger partial charge on any atom is 0.245 e. The lowest BCUT2D eigenvalue weighted by molar-refractivity contribution is 0.178. The fourth-order valence-electron chi connectivity index (χ4n) is 2.23. The molecule has 0 spiro atoms. The van der Waals surface area contributed by atoms with Crippen molar-refractivity contribution in [2.75, 3.05) is 12.3 Å². The molecule has 1 aromatic heterocycles. The Labute approximate surface area is 106 Å². The highest BCUT2D eigenvalue weighted by Gasteiger charge is 2.26. The highest BCUT2D eigenvalue weighted by molar-refractivity contribution is 7.89. The van der Waals surface area contributed by atoms with Gasteiger partial charge in [0.05, 0.1) is 6.10 Å². The van der Waals surface area contributed by atoms with Crippen LogP contribution in [0.25, 0.3) is 0 Å². The molecule has 2 rings (SSSR count). The topological polar surface area (TPSA) is 110 Å². The highest BCUT2D eigenvalue weighted by Crippen LogP contribution is 2.25. The number of aliphatic hydroxyl groups excluding tert-OH is 1. The van der Waals surface area contributed by atoms with Gasteiger partial charge in [-0.25, -0.2) is 13.1 Å². The number of hydrogen-bond acceptors (Lipinski definition) is 5. The lowest BCUT2D eigenvalue weighted by Gasteiger charge is -2.10. The van der Waals surface area contributed by atoms with Crippen molar-refractivity contribution in [1.82, 2.24) is 14.5 Å². The number of aromatic nitrogens is 2. The number of nitrogens with zero attached hydrogens (tertiary/aromatic N) is 2. The van der Waals surface area contributed by atoms with Gasteiger partial charge >= 0.3 is 0 Å². The molecule has 1 aliphatic carbocycles. The fourth-order valence-corrected chi connectivity index (χ4v) is 3.45. The van der Waals surface area contributed by atoms with Gasteiger partial charge in [0.25, 0.3) is 0 Å². The number of nitrogens with one attached hydrogen (secondary N) is 1. The van der Waals surface area contributed by atoms with Gasteiger partial charge in [0.1, 0.15) is 4.90 Å². The Morgan fingerprint density at radius 1 is 1.61 bits per heavy atom. The Morgan fingerprint density at radius 2 is 2.33 bits per heavy atom. The molecule has 1 aromatic rings. The van der Waals surface area contributed by atoms with E-state index in [-0.39, 0.29) is 22.7 Å². The van der Waals surface area contributed by atoms with Crippen molar-refractivity contribution in [2.45, 2.75) is 30.3 Å². The predicted molar refractivity (Wildman–Crippen MR) is 66.2 cm³/mol. The largest absolute Gasteiger partial charge is 0.393 e. The smallest absolute Gasteiger partial charge is 0.245 e. The van der Waals surface area contributed by atoms with Crippen LogP contribution in [0.1, 0.15) is 19.3 Å². The van der Waals surface area contributed by atoms with E-state index >= 15 is 0 Å². The van der Waals surface area contributed by atoms with E-state index in [4.69, 9.17) is 5.73 Å². The summed E-state index contributed by atoms with van der Waals surface area (Å²) < 4.78 is 27.9. The van der Waals surface area contributed by atoms with Crippen molar-refractivity contribution in [3.8, 4) is 0 Å². The van der Waals surface area contributed by atoms with E-state index in [1.54, 1.807) is 7.05 Å². The lowest BCUT2D eigenvalue weighted by atomic mass is 10.1. The Hall–Kier alpha value is -1.12. The first-order chi connectivity index (χ1) is 8.38. The molecular formula is C10H18N4O3S. The highest BCUT2D eigenvalue weighted by atomic mass is 32.2. The van der Waals surface area contributed by atoms with Crippen LogP contribution in [0.15, 0.2) is 11.1 Å². The number of nitrogen functional groups attached to an aromatic ring is 1. The molecule has 2 atom stereocenters. The van der Waals surface area contributed by atoms with Gasteiger partial charge in [-0.05, 0) is 25.2 Å². The van der Waals surface area contributed by atoms with Gasteiger partial charge in [0, 0.05) is 19.8 Å². The molecule has 2 unspecified atom stereocenters. The minimum atomic E-state index is -3.62. The average Bonchev–Trinajstić information content (AvgIpc) is 2.82. The molecule has 102 valence electrons. The third kappa shape index (κ3) is 2.82. The molecule has 1 saturated carbocycles. The second kappa shape index (κ2) is 4.87. The van der Waals surface area contributed by atoms with Gasteiger partial charge < -0.3 is 10.8 Å². The molecule has 4 N–H and O–H groups in total. The van der Waals surface area contributed by atoms with Crippen LogP contribution in [-0.4, -0.2) is 36.0 Å². The van der Waals surface area contributed by atoms with Crippen LogP contribution in [-0.2, 0) is 17.1 Å². The normalized spacial score (nSPS) is 24.6. The first-order valence-corrected chi connectivity index (χ1v) is 7.33. The summed E-state index contributed by atoms with van der Waals surface area (Å²) in [5, 5.41) is 13.2. The zero-order valence-electron chi connectivity index (χ0n) is 10.2. The summed E-state index contributed by atoms with van der Waals surface area (Å²) in [6.07, 6.45) is 3.29. The van der Waals surface area contributed by atoms with Crippen molar-refractivity contribution in [1.29, 1.82) is 0 Å². The third-order valence-electron chi connectivity index (χ3n) is 3.19. The first kappa shape index (κ1) is 13.3. The molecule has 0 bridgehead atoms. The van der Waals surface area contributed by atoms with Gasteiger partial charge in [0.2, 0.25) is 10.0 Å². The molecule has 8 heteroatoms. The van der Waals surface area contributed by atoms with Crippen molar-refractivity contribution in [3.63, 3.8) is 0 Å². The Kier molecular flexibility index (Phi) is 3.60. The monoisotopic (exact) mass is 274 g/mol. The fraction of sp³-hybridized carbons (Fsp3) is 0.700. The van der Waals surface area contributed by atoms with Crippen LogP contribution in [0.4, 0.5) is 5.82 Å². The number of rotatable bonds is 4. The predicted octanol–water partition coefficient (Wildman–Crippen LogP) is -0.558. The van der Waals surface area contributed by atoms with Crippen LogP contribution in [0, 0.1) is 5.92 Å². The zero-order chi connectivity index (χ0) is 13.3. The molecule has 1 aliphatic rings. The van der Waals surface area contributed by atoms with Crippen LogP contribution in [0.2, 0.25) is 0 Å². The van der Waals surface area contributed by atoms with E-state index in [0.29, 0.717) is 13.0 Å². The van der Waals surface area contributed by atoms with Gasteiger partial charge in [-0.1, -0.05) is 0 Å². The minimum absolute atomic E-state index is 0.00328. The summed E-state index contributed by atoms with van der Waals surface area (Å²) in [6.45, 7) is 0.327. The summed E-state index contributed by atoms with van der Waals surface area (Å²) in [4.78, 5) is 0.00328. The van der Waals surface area contributed by atoms with Gasteiger partial charge in [-0.15, -0.1) is 0 Å². The zero-order valence-corrected chi connectivity index (χ0v) is 11.0. The molecule has 18 heavy (non-hydrogen) atoms. The van der Waals surface area contributed by atoms with E-state index in [2.05, 4.69) is 9.82 Å². The van der Waals surface area contributed by atoms with Crippen LogP contribution < -0.4 is 10.5 Å². The van der Waals surface area contributed by atoms with Crippen LogP contribution >= 0.6 is 0 Å². The quantitative estimate of drug-likeness (QED) is 0.682. The molecule has 0 saturated heterocycles. The molecule has 1 fully saturated rings. The summed E-state index contributed by atoms with van der Waals surface area (Å²) >= 11 is 0. The number of nitrogens with two attached hydrogens (primary N) is 1. The number of aliphatic hydroxyl groups is 1. The molecular weight excluding hydrogens is 256 g/mol. The van der Waals surface area contributed by atoms with E-state index < -0.39 is 10.0 Å². The van der Waals surface area contributed by atoms with Crippen molar-refractivity contribution in [3.05, 3.63) is 6.20 Å². The number of hydrogen-bond donors (Lipinski definition) is 3. The Balaban J connectivity index is 2.02. The van der Waals surface area contributed by atoms with E-state index in [9.17, 15) is 13.5 Å². The van der Waals surface area contributed by atoms with Crippen molar-refractivity contribution in [2.24, 2.45) is 13.0 Å². The molecule has 0 aromatic carbocycles. The second-order valence-corrected chi connectivity index (χ2v) is 6.47. The van der Waals surface area contributed by atoms with Crippen molar-refractivity contribution >= 4 is 15.8 Å². The minimum Gasteiger partial charge on any atom is -0.393 e. The SMILES string of the molecule is Cn1cc(S(=O)(=O)NCC2CCC(O)C2)c(N)n1. The number of anilines is 1. The van der Waals surface area contributed by atoms with Crippen molar-refractivity contribution < 1.29 is 13.5 Å². The third-order valence-corrected chi connectivity index (χ3v) is 4.63. The molecule has 7 nitrogen and oxygen atoms in total. The summed E-state index contributed by atoms with van der Waals surface area (Å²) in [7, 11) is -2.00. The van der Waals surface area contributed by atoms with Crippen LogP contribution in [0.3, 0.4) is 0 Å². The van der Waals surface area contributed by atoms with Gasteiger partial charge in [0.15, 0.2) is 5.82 Å². The molecule has 1 heterocycles. The van der Waals surface area contributed by atoms with E-state index in [1.165, 1.54) is 10.9 Å². The molecule has 0 aliphatic heterocycles. The lowest BCUT2D eigenvalue weighted by Crippen LogP contribution is -2.29. The van der Waals surface area contributed by atoms with Gasteiger partial charge in [-0.2, -0.15) is 5.10 Å². The molecule has 0 amide bonds. The first-order valence-electron chi connectivity index (χ1n) is 5.85. The summed E-state index contributed by atoms with van der Waals surface area (Å²) in [6, 6.07) is 0. The Bertz CT molecular complexity index is 525.